The summed E-state index contributed by atoms with van der Waals surface area (Å²) in [5, 5.41) is 10.9. The van der Waals surface area contributed by atoms with Crippen LogP contribution in [0.2, 0.25) is 5.02 Å². The number of nitro groups is 1. The minimum Gasteiger partial charge on any atom is -0.467 e. The quantitative estimate of drug-likeness (QED) is 0.482. The van der Waals surface area contributed by atoms with Gasteiger partial charge in [-0.3, -0.25) is 10.1 Å². The van der Waals surface area contributed by atoms with Crippen LogP contribution in [0.3, 0.4) is 0 Å². The van der Waals surface area contributed by atoms with Gasteiger partial charge in [-0.05, 0) is 18.6 Å². The van der Waals surface area contributed by atoms with Crippen molar-refractivity contribution >= 4 is 28.9 Å². The van der Waals surface area contributed by atoms with Crippen molar-refractivity contribution in [3.63, 3.8) is 0 Å². The molecule has 0 radical (unpaired) electrons. The van der Waals surface area contributed by atoms with Gasteiger partial charge in [-0.15, -0.1) is 0 Å². The average molecular weight is 315 g/mol. The summed E-state index contributed by atoms with van der Waals surface area (Å²) >= 11 is 5.95. The van der Waals surface area contributed by atoms with Crippen molar-refractivity contribution in [3.05, 3.63) is 32.8 Å². The number of benzene rings is 1. The Bertz CT molecular complexity index is 578. The highest BCUT2D eigenvalue weighted by molar-refractivity contribution is 6.33. The van der Waals surface area contributed by atoms with Crippen molar-refractivity contribution in [3.8, 4) is 0 Å². The summed E-state index contributed by atoms with van der Waals surface area (Å²) in [5.41, 5.74) is 1.34. The summed E-state index contributed by atoms with van der Waals surface area (Å²) in [6, 6.07) is 2.98. The zero-order valence-corrected chi connectivity index (χ0v) is 12.4. The Morgan fingerprint density at radius 2 is 2.29 bits per heavy atom. The number of nitrogens with zero attached hydrogens (tertiary/aromatic N) is 2. The predicted octanol–water partition coefficient (Wildman–Crippen LogP) is 1.93. The van der Waals surface area contributed by atoms with Crippen LogP contribution in [0.25, 0.3) is 0 Å². The van der Waals surface area contributed by atoms with Crippen molar-refractivity contribution in [2.24, 2.45) is 0 Å². The molecule has 1 fully saturated rings. The number of halogens is 1. The highest BCUT2D eigenvalue weighted by Crippen LogP contribution is 2.33. The van der Waals surface area contributed by atoms with E-state index in [2.05, 4.69) is 4.74 Å². The van der Waals surface area contributed by atoms with Gasteiger partial charge in [-0.1, -0.05) is 11.6 Å². The van der Waals surface area contributed by atoms with E-state index < -0.39 is 17.0 Å². The number of anilines is 1. The Kier molecular flexibility index (Phi) is 4.64. The van der Waals surface area contributed by atoms with Crippen molar-refractivity contribution in [2.75, 3.05) is 31.7 Å². The Morgan fingerprint density at radius 3 is 2.90 bits per heavy atom. The van der Waals surface area contributed by atoms with Gasteiger partial charge in [0.25, 0.3) is 5.69 Å². The second-order valence-electron chi connectivity index (χ2n) is 4.68. The number of rotatable bonds is 3. The number of carbonyl (C=O) groups is 1. The molecule has 1 atom stereocenters. The molecule has 8 heteroatoms. The van der Waals surface area contributed by atoms with Gasteiger partial charge in [0.15, 0.2) is 6.10 Å². The molecule has 0 bridgehead atoms. The maximum absolute atomic E-state index is 11.5. The third-order valence-corrected chi connectivity index (χ3v) is 3.64. The topological polar surface area (TPSA) is 81.9 Å². The summed E-state index contributed by atoms with van der Waals surface area (Å²) in [5.74, 6) is -0.439. The molecule has 1 aromatic carbocycles. The van der Waals surface area contributed by atoms with E-state index >= 15 is 0 Å². The number of ether oxygens (including phenoxy) is 2. The Hall–Kier alpha value is -1.86. The molecule has 1 aliphatic rings. The van der Waals surface area contributed by atoms with E-state index in [0.717, 1.165) is 11.3 Å². The molecular formula is C13H15ClN2O5. The molecule has 0 aliphatic carbocycles. The Morgan fingerprint density at radius 1 is 1.57 bits per heavy atom. The first-order chi connectivity index (χ1) is 9.93. The Labute approximate surface area is 126 Å². The highest BCUT2D eigenvalue weighted by atomic mass is 35.5. The van der Waals surface area contributed by atoms with E-state index in [4.69, 9.17) is 16.3 Å². The summed E-state index contributed by atoms with van der Waals surface area (Å²) in [6.45, 7) is 3.03. The predicted molar refractivity (Wildman–Crippen MR) is 76.8 cm³/mol. The monoisotopic (exact) mass is 314 g/mol. The van der Waals surface area contributed by atoms with Crippen LogP contribution in [-0.4, -0.2) is 43.8 Å². The first kappa shape index (κ1) is 15.5. The second kappa shape index (κ2) is 6.28. The molecule has 0 aromatic heterocycles. The molecule has 7 nitrogen and oxygen atoms in total. The summed E-state index contributed by atoms with van der Waals surface area (Å²) in [7, 11) is 1.30. The highest BCUT2D eigenvalue weighted by Gasteiger charge is 2.29. The van der Waals surface area contributed by atoms with Crippen LogP contribution < -0.4 is 4.90 Å². The maximum atomic E-state index is 11.5. The number of carbonyl (C=O) groups excluding carboxylic acids is 1. The van der Waals surface area contributed by atoms with Crippen LogP contribution in [0.5, 0.6) is 0 Å². The van der Waals surface area contributed by atoms with Gasteiger partial charge in [0, 0.05) is 18.3 Å². The molecule has 0 saturated carbocycles. The number of hydrogen-bond donors (Lipinski definition) is 0. The number of nitro benzene ring substituents is 1. The summed E-state index contributed by atoms with van der Waals surface area (Å²) < 4.78 is 10.0. The fraction of sp³-hybridized carbons (Fsp3) is 0.462. The molecule has 114 valence electrons. The van der Waals surface area contributed by atoms with E-state index in [1.165, 1.54) is 13.2 Å². The Balaban J connectivity index is 2.27. The summed E-state index contributed by atoms with van der Waals surface area (Å²) in [4.78, 5) is 23.8. The lowest BCUT2D eigenvalue weighted by atomic mass is 10.1. The molecule has 1 saturated heterocycles. The fourth-order valence-corrected chi connectivity index (χ4v) is 2.51. The molecular weight excluding hydrogens is 300 g/mol. The number of aryl methyl sites for hydroxylation is 1. The third-order valence-electron chi connectivity index (χ3n) is 3.33. The minimum absolute atomic E-state index is 0.0710. The van der Waals surface area contributed by atoms with Gasteiger partial charge in [0.2, 0.25) is 0 Å². The minimum atomic E-state index is -0.669. The van der Waals surface area contributed by atoms with E-state index in [-0.39, 0.29) is 10.7 Å². The number of methoxy groups -OCH3 is 1. The normalized spacial score (nSPS) is 18.4. The number of esters is 1. The maximum Gasteiger partial charge on any atom is 0.336 e. The third kappa shape index (κ3) is 3.25. The van der Waals surface area contributed by atoms with Gasteiger partial charge >= 0.3 is 5.97 Å². The standard InChI is InChI=1S/C13H15ClN2O5/c1-8-5-11(16(18)19)9(14)6-10(8)15-3-4-21-12(7-15)13(17)20-2/h5-6,12H,3-4,7H2,1-2H3. The van der Waals surface area contributed by atoms with Crippen molar-refractivity contribution in [1.82, 2.24) is 0 Å². The van der Waals surface area contributed by atoms with Crippen LogP contribution in [0.15, 0.2) is 12.1 Å². The van der Waals surface area contributed by atoms with Crippen LogP contribution in [0.4, 0.5) is 11.4 Å². The molecule has 2 rings (SSSR count). The molecule has 1 unspecified atom stereocenters. The van der Waals surface area contributed by atoms with Gasteiger partial charge in [0.05, 0.1) is 25.2 Å². The van der Waals surface area contributed by atoms with Gasteiger partial charge < -0.3 is 14.4 Å². The van der Waals surface area contributed by atoms with Gasteiger partial charge in [0.1, 0.15) is 5.02 Å². The SMILES string of the molecule is COC(=O)C1CN(c2cc(Cl)c([N+](=O)[O-])cc2C)CCO1. The van der Waals surface area contributed by atoms with Crippen molar-refractivity contribution in [2.45, 2.75) is 13.0 Å². The van der Waals surface area contributed by atoms with Crippen LogP contribution in [-0.2, 0) is 14.3 Å². The van der Waals surface area contributed by atoms with Crippen molar-refractivity contribution in [1.29, 1.82) is 0 Å². The molecule has 0 amide bonds. The van der Waals surface area contributed by atoms with E-state index in [1.807, 2.05) is 4.90 Å². The lowest BCUT2D eigenvalue weighted by molar-refractivity contribution is -0.384. The van der Waals surface area contributed by atoms with Gasteiger partial charge in [-0.2, -0.15) is 0 Å². The van der Waals surface area contributed by atoms with Gasteiger partial charge in [-0.25, -0.2) is 4.79 Å². The first-order valence-electron chi connectivity index (χ1n) is 6.33. The smallest absolute Gasteiger partial charge is 0.336 e. The largest absolute Gasteiger partial charge is 0.467 e. The van der Waals surface area contributed by atoms with E-state index in [0.29, 0.717) is 19.7 Å². The van der Waals surface area contributed by atoms with Crippen LogP contribution >= 0.6 is 11.6 Å². The van der Waals surface area contributed by atoms with Crippen LogP contribution in [0, 0.1) is 17.0 Å². The summed E-state index contributed by atoms with van der Waals surface area (Å²) in [6.07, 6.45) is -0.669. The molecule has 0 spiro atoms. The molecule has 0 N–H and O–H groups in total. The van der Waals surface area contributed by atoms with Crippen molar-refractivity contribution < 1.29 is 19.2 Å². The van der Waals surface area contributed by atoms with E-state index in [1.54, 1.807) is 13.0 Å². The average Bonchev–Trinajstić information content (AvgIpc) is 2.48. The zero-order valence-electron chi connectivity index (χ0n) is 11.7. The fourth-order valence-electron chi connectivity index (χ4n) is 2.28. The van der Waals surface area contributed by atoms with E-state index in [9.17, 15) is 14.9 Å². The molecule has 1 aromatic rings. The lowest BCUT2D eigenvalue weighted by Gasteiger charge is -2.34. The lowest BCUT2D eigenvalue weighted by Crippen LogP contribution is -2.46. The number of morpholine rings is 1. The molecule has 1 heterocycles. The number of hydrogen-bond acceptors (Lipinski definition) is 6. The van der Waals surface area contributed by atoms with Crippen LogP contribution in [0.1, 0.15) is 5.56 Å². The molecule has 21 heavy (non-hydrogen) atoms. The molecule has 1 aliphatic heterocycles. The first-order valence-corrected chi connectivity index (χ1v) is 6.70. The second-order valence-corrected chi connectivity index (χ2v) is 5.08. The zero-order chi connectivity index (χ0) is 15.6.